The number of rotatable bonds is 2. The second-order valence-corrected chi connectivity index (χ2v) is 6.49. The minimum Gasteiger partial charge on any atom is -0.355 e. The number of aliphatic imine (C=N–C) groups is 1. The van der Waals surface area contributed by atoms with Crippen molar-refractivity contribution < 1.29 is 4.79 Å². The number of nitrogens with zero attached hydrogens (tertiary/aromatic N) is 4. The number of amidine groups is 1. The number of amides is 1. The van der Waals surface area contributed by atoms with Crippen LogP contribution in [0.3, 0.4) is 0 Å². The van der Waals surface area contributed by atoms with Crippen molar-refractivity contribution in [2.75, 3.05) is 38.0 Å². The summed E-state index contributed by atoms with van der Waals surface area (Å²) >= 11 is 0. The Morgan fingerprint density at radius 3 is 3.04 bits per heavy atom. The number of anilines is 1. The Balaban J connectivity index is 1.58. The Kier molecular flexibility index (Phi) is 4.87. The van der Waals surface area contributed by atoms with E-state index in [2.05, 4.69) is 27.0 Å². The van der Waals surface area contributed by atoms with E-state index >= 15 is 0 Å². The van der Waals surface area contributed by atoms with Crippen LogP contribution in [-0.4, -0.2) is 54.4 Å². The second kappa shape index (κ2) is 7.61. The van der Waals surface area contributed by atoms with Gasteiger partial charge < -0.3 is 15.5 Å². The van der Waals surface area contributed by atoms with Crippen LogP contribution in [0.5, 0.6) is 0 Å². The molecule has 0 aromatic heterocycles. The van der Waals surface area contributed by atoms with Crippen molar-refractivity contribution in [2.45, 2.75) is 6.42 Å². The minimum atomic E-state index is -0.251. The standard InChI is InChI=1S/C19H21N7O/c20-12-14-4-1-2-5-16(14)23-19(27)15-13-22-26-10-6-17(24-18(15)26)25-9-3-7-21-8-11-25/h1-2,4-6,10,21-22H,3,7-9,11,13H2,(H,23,27). The fraction of sp³-hybridized carbons (Fsp3) is 0.316. The fourth-order valence-corrected chi connectivity index (χ4v) is 3.32. The van der Waals surface area contributed by atoms with E-state index in [1.54, 1.807) is 29.3 Å². The van der Waals surface area contributed by atoms with E-state index < -0.39 is 0 Å². The predicted octanol–water partition coefficient (Wildman–Crippen LogP) is 0.750. The molecule has 1 fully saturated rings. The SMILES string of the molecule is N#Cc1ccccc1NC(=O)C1=C2N=C(N3CCCNCC3)C=CN2NC1. The quantitative estimate of drug-likeness (QED) is 0.718. The van der Waals surface area contributed by atoms with Gasteiger partial charge in [0.15, 0.2) is 5.82 Å². The fourth-order valence-electron chi connectivity index (χ4n) is 3.32. The van der Waals surface area contributed by atoms with Crippen molar-refractivity contribution >= 4 is 17.4 Å². The first-order valence-corrected chi connectivity index (χ1v) is 9.05. The zero-order chi connectivity index (χ0) is 18.6. The monoisotopic (exact) mass is 363 g/mol. The number of hydrazine groups is 1. The molecule has 0 radical (unpaired) electrons. The molecule has 4 rings (SSSR count). The molecule has 3 N–H and O–H groups in total. The first kappa shape index (κ1) is 17.3. The third kappa shape index (κ3) is 3.56. The van der Waals surface area contributed by atoms with E-state index in [9.17, 15) is 10.1 Å². The molecule has 138 valence electrons. The number of fused-ring (bicyclic) bond motifs is 1. The molecular formula is C19H21N7O. The highest BCUT2D eigenvalue weighted by Crippen LogP contribution is 2.23. The van der Waals surface area contributed by atoms with Crippen LogP contribution in [0, 0.1) is 11.3 Å². The molecule has 0 bridgehead atoms. The number of carbonyl (C=O) groups excluding carboxylic acids is 1. The van der Waals surface area contributed by atoms with Gasteiger partial charge in [-0.2, -0.15) is 5.26 Å². The van der Waals surface area contributed by atoms with Crippen LogP contribution in [0.2, 0.25) is 0 Å². The van der Waals surface area contributed by atoms with E-state index in [0.717, 1.165) is 38.4 Å². The summed E-state index contributed by atoms with van der Waals surface area (Å²) in [6.45, 7) is 4.15. The molecule has 1 amide bonds. The molecule has 8 nitrogen and oxygen atoms in total. The summed E-state index contributed by atoms with van der Waals surface area (Å²) in [5.41, 5.74) is 4.64. The van der Waals surface area contributed by atoms with Crippen LogP contribution in [0.15, 0.2) is 52.9 Å². The predicted molar refractivity (Wildman–Crippen MR) is 102 cm³/mol. The molecule has 0 spiro atoms. The van der Waals surface area contributed by atoms with Gasteiger partial charge in [0.1, 0.15) is 11.9 Å². The number of carbonyl (C=O) groups is 1. The molecule has 27 heavy (non-hydrogen) atoms. The summed E-state index contributed by atoms with van der Waals surface area (Å²) in [6.07, 6.45) is 4.93. The van der Waals surface area contributed by atoms with Crippen LogP contribution in [0.1, 0.15) is 12.0 Å². The first-order valence-electron chi connectivity index (χ1n) is 9.05. The van der Waals surface area contributed by atoms with Gasteiger partial charge in [0, 0.05) is 32.4 Å². The van der Waals surface area contributed by atoms with E-state index in [-0.39, 0.29) is 5.91 Å². The van der Waals surface area contributed by atoms with Gasteiger partial charge >= 0.3 is 0 Å². The number of nitriles is 1. The highest BCUT2D eigenvalue weighted by atomic mass is 16.1. The number of hydrogen-bond donors (Lipinski definition) is 3. The molecule has 3 aliphatic heterocycles. The normalized spacial score (nSPS) is 19.3. The van der Waals surface area contributed by atoms with Crippen LogP contribution < -0.4 is 16.1 Å². The van der Waals surface area contributed by atoms with Gasteiger partial charge in [0.05, 0.1) is 16.8 Å². The molecule has 0 aliphatic carbocycles. The van der Waals surface area contributed by atoms with E-state index in [1.165, 1.54) is 0 Å². The molecule has 8 heteroatoms. The summed E-state index contributed by atoms with van der Waals surface area (Å²) in [4.78, 5) is 19.8. The maximum Gasteiger partial charge on any atom is 0.256 e. The zero-order valence-electron chi connectivity index (χ0n) is 14.9. The lowest BCUT2D eigenvalue weighted by Crippen LogP contribution is -2.36. The molecule has 0 saturated carbocycles. The van der Waals surface area contributed by atoms with Crippen LogP contribution >= 0.6 is 0 Å². The third-order valence-corrected chi connectivity index (χ3v) is 4.75. The molecule has 1 saturated heterocycles. The van der Waals surface area contributed by atoms with Crippen LogP contribution in [0.25, 0.3) is 0 Å². The number of nitrogens with one attached hydrogen (secondary N) is 3. The molecule has 3 aliphatic rings. The summed E-state index contributed by atoms with van der Waals surface area (Å²) in [7, 11) is 0. The lowest BCUT2D eigenvalue weighted by Gasteiger charge is -2.27. The number of para-hydroxylation sites is 1. The van der Waals surface area contributed by atoms with Gasteiger partial charge in [0.25, 0.3) is 5.91 Å². The summed E-state index contributed by atoms with van der Waals surface area (Å²) < 4.78 is 0. The van der Waals surface area contributed by atoms with Gasteiger partial charge in [-0.25, -0.2) is 10.4 Å². The van der Waals surface area contributed by atoms with Crippen LogP contribution in [0.4, 0.5) is 5.69 Å². The topological polar surface area (TPSA) is 95.8 Å². The second-order valence-electron chi connectivity index (χ2n) is 6.49. The smallest absolute Gasteiger partial charge is 0.256 e. The molecule has 1 aromatic rings. The average Bonchev–Trinajstić information content (AvgIpc) is 2.93. The van der Waals surface area contributed by atoms with E-state index in [0.29, 0.717) is 29.2 Å². The van der Waals surface area contributed by atoms with Crippen molar-refractivity contribution in [1.29, 1.82) is 5.26 Å². The first-order chi connectivity index (χ1) is 13.3. The largest absolute Gasteiger partial charge is 0.355 e. The number of benzene rings is 1. The minimum absolute atomic E-state index is 0.251. The third-order valence-electron chi connectivity index (χ3n) is 4.75. The van der Waals surface area contributed by atoms with Crippen molar-refractivity contribution in [3.8, 4) is 6.07 Å². The maximum absolute atomic E-state index is 12.8. The Morgan fingerprint density at radius 2 is 2.15 bits per heavy atom. The molecule has 0 unspecified atom stereocenters. The Labute approximate surface area is 157 Å². The average molecular weight is 363 g/mol. The van der Waals surface area contributed by atoms with Crippen molar-refractivity contribution in [3.05, 3.63) is 53.5 Å². The number of hydrogen-bond acceptors (Lipinski definition) is 7. The summed E-state index contributed by atoms with van der Waals surface area (Å²) in [5.74, 6) is 1.23. The maximum atomic E-state index is 12.8. The lowest BCUT2D eigenvalue weighted by atomic mass is 10.1. The zero-order valence-corrected chi connectivity index (χ0v) is 14.9. The Bertz CT molecular complexity index is 872. The van der Waals surface area contributed by atoms with Gasteiger partial charge in [-0.15, -0.1) is 0 Å². The van der Waals surface area contributed by atoms with Crippen molar-refractivity contribution in [1.82, 2.24) is 20.7 Å². The van der Waals surface area contributed by atoms with Crippen molar-refractivity contribution in [3.63, 3.8) is 0 Å². The highest BCUT2D eigenvalue weighted by molar-refractivity contribution is 6.06. The van der Waals surface area contributed by atoms with Crippen LogP contribution in [-0.2, 0) is 4.79 Å². The summed E-state index contributed by atoms with van der Waals surface area (Å²) in [5, 5.41) is 17.2. The Morgan fingerprint density at radius 1 is 1.26 bits per heavy atom. The van der Waals surface area contributed by atoms with E-state index in [1.807, 2.05) is 12.3 Å². The van der Waals surface area contributed by atoms with Gasteiger partial charge in [0.2, 0.25) is 0 Å². The Hall–Kier alpha value is -3.15. The van der Waals surface area contributed by atoms with Gasteiger partial charge in [-0.05, 0) is 31.2 Å². The van der Waals surface area contributed by atoms with E-state index in [4.69, 9.17) is 4.99 Å². The molecular weight excluding hydrogens is 342 g/mol. The summed E-state index contributed by atoms with van der Waals surface area (Å²) in [6, 6.07) is 9.06. The van der Waals surface area contributed by atoms with Crippen molar-refractivity contribution in [2.24, 2.45) is 4.99 Å². The lowest BCUT2D eigenvalue weighted by molar-refractivity contribution is -0.112. The van der Waals surface area contributed by atoms with Gasteiger partial charge in [-0.1, -0.05) is 12.1 Å². The highest BCUT2D eigenvalue weighted by Gasteiger charge is 2.29. The van der Waals surface area contributed by atoms with Gasteiger partial charge in [-0.3, -0.25) is 9.80 Å². The molecule has 1 aromatic carbocycles. The molecule has 0 atom stereocenters. The molecule has 3 heterocycles.